The van der Waals surface area contributed by atoms with Crippen LogP contribution in [0.2, 0.25) is 0 Å². The molecule has 1 fully saturated rings. The molecule has 0 atom stereocenters. The van der Waals surface area contributed by atoms with Crippen molar-refractivity contribution in [2.45, 2.75) is 64.6 Å². The molecule has 0 radical (unpaired) electrons. The van der Waals surface area contributed by atoms with Gasteiger partial charge < -0.3 is 14.7 Å². The minimum absolute atomic E-state index is 0.197. The van der Waals surface area contributed by atoms with Gasteiger partial charge in [0.2, 0.25) is 0 Å². The van der Waals surface area contributed by atoms with Crippen LogP contribution >= 0.6 is 0 Å². The fourth-order valence-corrected chi connectivity index (χ4v) is 3.52. The summed E-state index contributed by atoms with van der Waals surface area (Å²) in [5.41, 5.74) is -0.642. The molecule has 0 unspecified atom stereocenters. The first-order chi connectivity index (χ1) is 11.6. The lowest BCUT2D eigenvalue weighted by molar-refractivity contribution is -0.256. The summed E-state index contributed by atoms with van der Waals surface area (Å²) in [4.78, 5) is 24.7. The van der Waals surface area contributed by atoms with Crippen molar-refractivity contribution in [2.75, 3.05) is 6.61 Å². The van der Waals surface area contributed by atoms with Crippen molar-refractivity contribution < 1.29 is 24.3 Å². The maximum absolute atomic E-state index is 12.6. The lowest BCUT2D eigenvalue weighted by atomic mass is 9.80. The molecule has 6 heteroatoms. The van der Waals surface area contributed by atoms with Gasteiger partial charge in [-0.15, -0.1) is 0 Å². The highest BCUT2D eigenvalue weighted by Gasteiger charge is 2.46. The van der Waals surface area contributed by atoms with Crippen LogP contribution in [0.5, 0.6) is 0 Å². The lowest BCUT2D eigenvalue weighted by Crippen LogP contribution is -2.60. The third-order valence-electron chi connectivity index (χ3n) is 4.52. The summed E-state index contributed by atoms with van der Waals surface area (Å²) in [7, 11) is 0. The number of nitrogens with zero attached hydrogens (tertiary/aromatic N) is 1. The molecule has 6 nitrogen and oxygen atoms in total. The van der Waals surface area contributed by atoms with Gasteiger partial charge in [0.25, 0.3) is 0 Å². The van der Waals surface area contributed by atoms with Crippen molar-refractivity contribution in [3.8, 4) is 0 Å². The van der Waals surface area contributed by atoms with Crippen LogP contribution in [-0.2, 0) is 9.47 Å². The summed E-state index contributed by atoms with van der Waals surface area (Å²) >= 11 is 0. The number of ether oxygens (including phenoxy) is 2. The summed E-state index contributed by atoms with van der Waals surface area (Å²) in [5, 5.41) is 11.7. The van der Waals surface area contributed by atoms with Gasteiger partial charge in [-0.05, 0) is 46.8 Å². The van der Waals surface area contributed by atoms with Crippen LogP contribution in [0, 0.1) is 0 Å². The zero-order chi connectivity index (χ0) is 18.8. The van der Waals surface area contributed by atoms with Gasteiger partial charge in [0.05, 0.1) is 17.7 Å². The van der Waals surface area contributed by atoms with Gasteiger partial charge in [-0.25, -0.2) is 9.59 Å². The Kier molecular flexibility index (Phi) is 5.54. The number of rotatable bonds is 4. The molecular formula is C19H27NO5. The van der Waals surface area contributed by atoms with Gasteiger partial charge in [0.1, 0.15) is 6.10 Å². The van der Waals surface area contributed by atoms with Crippen LogP contribution in [-0.4, -0.2) is 46.0 Å². The van der Waals surface area contributed by atoms with Crippen molar-refractivity contribution in [1.29, 1.82) is 0 Å². The fraction of sp³-hybridized carbons (Fsp3) is 0.579. The maximum atomic E-state index is 12.6. The van der Waals surface area contributed by atoms with E-state index in [0.717, 1.165) is 0 Å². The largest absolute Gasteiger partial charge is 0.462 e. The summed E-state index contributed by atoms with van der Waals surface area (Å²) in [6.07, 6.45) is 0.650. The molecule has 1 aliphatic heterocycles. The van der Waals surface area contributed by atoms with Gasteiger partial charge >= 0.3 is 11.9 Å². The van der Waals surface area contributed by atoms with Crippen LogP contribution in [0.1, 0.15) is 68.2 Å². The predicted molar refractivity (Wildman–Crippen MR) is 92.6 cm³/mol. The highest BCUT2D eigenvalue weighted by Crippen LogP contribution is 2.38. The Morgan fingerprint density at radius 3 is 2.04 bits per heavy atom. The summed E-state index contributed by atoms with van der Waals surface area (Å²) in [6.45, 7) is 9.57. The molecule has 0 aliphatic carbocycles. The predicted octanol–water partition coefficient (Wildman–Crippen LogP) is 3.43. The number of benzene rings is 1. The zero-order valence-electron chi connectivity index (χ0n) is 15.5. The highest BCUT2D eigenvalue weighted by atomic mass is 16.6. The van der Waals surface area contributed by atoms with Crippen LogP contribution in [0.15, 0.2) is 24.3 Å². The van der Waals surface area contributed by atoms with Gasteiger partial charge in [-0.2, -0.15) is 5.06 Å². The highest BCUT2D eigenvalue weighted by molar-refractivity contribution is 6.03. The fourth-order valence-electron chi connectivity index (χ4n) is 3.52. The Morgan fingerprint density at radius 1 is 1.08 bits per heavy atom. The quantitative estimate of drug-likeness (QED) is 0.839. The normalized spacial score (nSPS) is 20.1. The molecule has 2 rings (SSSR count). The number of hydrogen-bond acceptors (Lipinski definition) is 6. The second-order valence-electron chi connectivity index (χ2n) is 7.64. The maximum Gasteiger partial charge on any atom is 0.339 e. The Balaban J connectivity index is 2.19. The summed E-state index contributed by atoms with van der Waals surface area (Å²) in [6, 6.07) is 6.48. The zero-order valence-corrected chi connectivity index (χ0v) is 15.5. The molecule has 1 heterocycles. The minimum atomic E-state index is -0.549. The monoisotopic (exact) mass is 349 g/mol. The van der Waals surface area contributed by atoms with E-state index >= 15 is 0 Å². The van der Waals surface area contributed by atoms with E-state index in [1.165, 1.54) is 5.06 Å². The molecular weight excluding hydrogens is 322 g/mol. The van der Waals surface area contributed by atoms with E-state index in [2.05, 4.69) is 0 Å². The molecule has 1 aliphatic rings. The van der Waals surface area contributed by atoms with Crippen molar-refractivity contribution in [2.24, 2.45) is 0 Å². The second-order valence-corrected chi connectivity index (χ2v) is 7.64. The van der Waals surface area contributed by atoms with Crippen LogP contribution in [0.4, 0.5) is 0 Å². The molecule has 1 aromatic carbocycles. The molecule has 0 saturated carbocycles. The number of piperidine rings is 1. The molecule has 0 spiro atoms. The summed E-state index contributed by atoms with van der Waals surface area (Å²) in [5.74, 6) is -1.09. The molecule has 25 heavy (non-hydrogen) atoms. The van der Waals surface area contributed by atoms with Gasteiger partial charge in [0, 0.05) is 23.9 Å². The third kappa shape index (κ3) is 4.19. The van der Waals surface area contributed by atoms with Crippen LogP contribution in [0.25, 0.3) is 0 Å². The number of esters is 2. The van der Waals surface area contributed by atoms with Gasteiger partial charge in [0.15, 0.2) is 0 Å². The first-order valence-corrected chi connectivity index (χ1v) is 8.55. The topological polar surface area (TPSA) is 76.1 Å². The lowest BCUT2D eigenvalue weighted by Gasteiger charge is -2.50. The van der Waals surface area contributed by atoms with E-state index in [4.69, 9.17) is 9.47 Å². The van der Waals surface area contributed by atoms with Crippen molar-refractivity contribution in [1.82, 2.24) is 5.06 Å². The summed E-state index contributed by atoms with van der Waals surface area (Å²) < 4.78 is 10.7. The second kappa shape index (κ2) is 7.14. The van der Waals surface area contributed by atoms with E-state index in [1.807, 2.05) is 27.7 Å². The Morgan fingerprint density at radius 2 is 1.56 bits per heavy atom. The van der Waals surface area contributed by atoms with Crippen LogP contribution < -0.4 is 0 Å². The molecule has 1 N–H and O–H groups in total. The SMILES string of the molecule is CCOC(=O)c1ccccc1C(=O)OC1CC(C)(C)N(O)C(C)(C)C1. The molecule has 1 saturated heterocycles. The smallest absolute Gasteiger partial charge is 0.339 e. The number of carbonyl (C=O) groups is 2. The average Bonchev–Trinajstić information content (AvgIpc) is 2.52. The molecule has 1 aromatic rings. The van der Waals surface area contributed by atoms with E-state index in [1.54, 1.807) is 31.2 Å². The first kappa shape index (κ1) is 19.4. The van der Waals surface area contributed by atoms with E-state index < -0.39 is 23.0 Å². The number of hydroxylamine groups is 2. The molecule has 0 amide bonds. The van der Waals surface area contributed by atoms with Crippen molar-refractivity contribution in [3.63, 3.8) is 0 Å². The van der Waals surface area contributed by atoms with Crippen LogP contribution in [0.3, 0.4) is 0 Å². The average molecular weight is 349 g/mol. The van der Waals surface area contributed by atoms with E-state index in [-0.39, 0.29) is 23.8 Å². The molecule has 0 aromatic heterocycles. The van der Waals surface area contributed by atoms with E-state index in [9.17, 15) is 14.8 Å². The Labute approximate surface area is 148 Å². The molecule has 0 bridgehead atoms. The standard InChI is InChI=1S/C19H27NO5/c1-6-24-16(21)14-9-7-8-10-15(14)17(22)25-13-11-18(2,3)20(23)19(4,5)12-13/h7-10,13,23H,6,11-12H2,1-5H3. The Hall–Kier alpha value is -1.92. The van der Waals surface area contributed by atoms with E-state index in [0.29, 0.717) is 12.8 Å². The minimum Gasteiger partial charge on any atom is -0.462 e. The van der Waals surface area contributed by atoms with Crippen molar-refractivity contribution >= 4 is 11.9 Å². The molecule has 138 valence electrons. The van der Waals surface area contributed by atoms with Gasteiger partial charge in [-0.1, -0.05) is 12.1 Å². The van der Waals surface area contributed by atoms with Crippen molar-refractivity contribution in [3.05, 3.63) is 35.4 Å². The van der Waals surface area contributed by atoms with Gasteiger partial charge in [-0.3, -0.25) is 0 Å². The third-order valence-corrected chi connectivity index (χ3v) is 4.52. The first-order valence-electron chi connectivity index (χ1n) is 8.55. The number of carbonyl (C=O) groups excluding carboxylic acids is 2. The Bertz CT molecular complexity index is 635. The number of hydrogen-bond donors (Lipinski definition) is 1.